The largest absolute Gasteiger partial charge is 0.314 e. The minimum atomic E-state index is 0.551. The van der Waals surface area contributed by atoms with Gasteiger partial charge in [-0.3, -0.25) is 0 Å². The summed E-state index contributed by atoms with van der Waals surface area (Å²) in [6.45, 7) is 13.1. The van der Waals surface area contributed by atoms with E-state index in [-0.39, 0.29) is 0 Å². The van der Waals surface area contributed by atoms with Crippen LogP contribution in [0.4, 0.5) is 0 Å². The zero-order chi connectivity index (χ0) is 14.3. The van der Waals surface area contributed by atoms with Crippen LogP contribution in [-0.2, 0) is 0 Å². The summed E-state index contributed by atoms with van der Waals surface area (Å²) in [6.07, 6.45) is 11.2. The summed E-state index contributed by atoms with van der Waals surface area (Å²) in [5.74, 6) is 1.82. The van der Waals surface area contributed by atoms with Crippen molar-refractivity contribution < 1.29 is 0 Å². The molecule has 0 spiro atoms. The van der Waals surface area contributed by atoms with Gasteiger partial charge in [-0.05, 0) is 43.1 Å². The molecule has 1 rings (SSSR count). The van der Waals surface area contributed by atoms with Crippen molar-refractivity contribution in [2.24, 2.45) is 17.3 Å². The lowest BCUT2D eigenvalue weighted by molar-refractivity contribution is 0.172. The molecule has 1 aliphatic rings. The van der Waals surface area contributed by atoms with E-state index in [4.69, 9.17) is 0 Å². The molecule has 3 atom stereocenters. The Kier molecular flexibility index (Phi) is 7.42. The molecular formula is C18H37N. The Labute approximate surface area is 121 Å². The first kappa shape index (κ1) is 17.0. The Hall–Kier alpha value is -0.0400. The summed E-state index contributed by atoms with van der Waals surface area (Å²) in [4.78, 5) is 0. The molecule has 1 fully saturated rings. The molecule has 0 radical (unpaired) electrons. The quantitative estimate of drug-likeness (QED) is 0.590. The highest BCUT2D eigenvalue weighted by Crippen LogP contribution is 2.45. The molecule has 0 heterocycles. The van der Waals surface area contributed by atoms with E-state index in [1.54, 1.807) is 0 Å². The standard InChI is InChI=1S/C18H37N/c1-6-9-11-15(7-2)14-17(19-8-3)16-12-10-13-18(16,4)5/h15-17,19H,6-14H2,1-5H3. The van der Waals surface area contributed by atoms with Gasteiger partial charge in [-0.2, -0.15) is 0 Å². The van der Waals surface area contributed by atoms with Crippen molar-refractivity contribution in [3.63, 3.8) is 0 Å². The monoisotopic (exact) mass is 267 g/mol. The van der Waals surface area contributed by atoms with Crippen LogP contribution in [0.25, 0.3) is 0 Å². The topological polar surface area (TPSA) is 12.0 Å². The molecule has 1 saturated carbocycles. The zero-order valence-electron chi connectivity index (χ0n) is 14.1. The minimum absolute atomic E-state index is 0.551. The molecule has 1 heteroatoms. The van der Waals surface area contributed by atoms with Crippen molar-refractivity contribution in [1.29, 1.82) is 0 Å². The summed E-state index contributed by atoms with van der Waals surface area (Å²) in [7, 11) is 0. The van der Waals surface area contributed by atoms with Gasteiger partial charge < -0.3 is 5.32 Å². The predicted molar refractivity (Wildman–Crippen MR) is 86.5 cm³/mol. The third-order valence-electron chi connectivity index (χ3n) is 5.42. The fraction of sp³-hybridized carbons (Fsp3) is 1.00. The van der Waals surface area contributed by atoms with E-state index >= 15 is 0 Å². The minimum Gasteiger partial charge on any atom is -0.314 e. The van der Waals surface area contributed by atoms with Gasteiger partial charge in [-0.15, -0.1) is 0 Å². The maximum Gasteiger partial charge on any atom is 0.0103 e. The second-order valence-electron chi connectivity index (χ2n) is 7.30. The Bertz CT molecular complexity index is 234. The van der Waals surface area contributed by atoms with Crippen LogP contribution in [0.15, 0.2) is 0 Å². The highest BCUT2D eigenvalue weighted by Gasteiger charge is 2.39. The van der Waals surface area contributed by atoms with Gasteiger partial charge in [0.2, 0.25) is 0 Å². The highest BCUT2D eigenvalue weighted by molar-refractivity contribution is 4.92. The third kappa shape index (κ3) is 5.10. The molecule has 0 bridgehead atoms. The second-order valence-corrected chi connectivity index (χ2v) is 7.30. The van der Waals surface area contributed by atoms with Crippen molar-refractivity contribution in [3.05, 3.63) is 0 Å². The average Bonchev–Trinajstić information content (AvgIpc) is 2.73. The van der Waals surface area contributed by atoms with Gasteiger partial charge in [0.1, 0.15) is 0 Å². The lowest BCUT2D eigenvalue weighted by Crippen LogP contribution is -2.42. The molecule has 1 N–H and O–H groups in total. The zero-order valence-corrected chi connectivity index (χ0v) is 14.1. The predicted octanol–water partition coefficient (Wildman–Crippen LogP) is 5.40. The first-order valence-electron chi connectivity index (χ1n) is 8.78. The van der Waals surface area contributed by atoms with Crippen molar-refractivity contribution in [2.75, 3.05) is 6.54 Å². The van der Waals surface area contributed by atoms with Gasteiger partial charge in [0.05, 0.1) is 0 Å². The van der Waals surface area contributed by atoms with Gasteiger partial charge in [-0.1, -0.05) is 66.7 Å². The van der Waals surface area contributed by atoms with E-state index in [1.807, 2.05) is 0 Å². The van der Waals surface area contributed by atoms with Crippen LogP contribution in [0, 0.1) is 17.3 Å². The van der Waals surface area contributed by atoms with Gasteiger partial charge in [-0.25, -0.2) is 0 Å². The van der Waals surface area contributed by atoms with E-state index in [9.17, 15) is 0 Å². The number of hydrogen-bond acceptors (Lipinski definition) is 1. The summed E-state index contributed by atoms with van der Waals surface area (Å²) >= 11 is 0. The first-order chi connectivity index (χ1) is 9.05. The average molecular weight is 268 g/mol. The normalized spacial score (nSPS) is 25.4. The Morgan fingerprint density at radius 3 is 2.42 bits per heavy atom. The van der Waals surface area contributed by atoms with Crippen molar-refractivity contribution in [3.8, 4) is 0 Å². The maximum atomic E-state index is 3.82. The van der Waals surface area contributed by atoms with Gasteiger partial charge >= 0.3 is 0 Å². The van der Waals surface area contributed by atoms with Gasteiger partial charge in [0, 0.05) is 6.04 Å². The van der Waals surface area contributed by atoms with E-state index in [0.717, 1.165) is 24.4 Å². The second kappa shape index (κ2) is 8.29. The molecule has 0 aromatic carbocycles. The van der Waals surface area contributed by atoms with E-state index in [1.165, 1.54) is 51.4 Å². The molecular weight excluding hydrogens is 230 g/mol. The Morgan fingerprint density at radius 1 is 1.21 bits per heavy atom. The lowest BCUT2D eigenvalue weighted by atomic mass is 9.74. The van der Waals surface area contributed by atoms with Gasteiger partial charge in [0.15, 0.2) is 0 Å². The van der Waals surface area contributed by atoms with Crippen LogP contribution >= 0.6 is 0 Å². The van der Waals surface area contributed by atoms with E-state index in [0.29, 0.717) is 5.41 Å². The first-order valence-corrected chi connectivity index (χ1v) is 8.78. The molecule has 114 valence electrons. The molecule has 0 saturated heterocycles. The lowest BCUT2D eigenvalue weighted by Gasteiger charge is -2.36. The van der Waals surface area contributed by atoms with Crippen LogP contribution in [0.3, 0.4) is 0 Å². The van der Waals surface area contributed by atoms with Gasteiger partial charge in [0.25, 0.3) is 0 Å². The van der Waals surface area contributed by atoms with Crippen molar-refractivity contribution in [1.82, 2.24) is 5.32 Å². The fourth-order valence-electron chi connectivity index (χ4n) is 4.09. The number of rotatable bonds is 9. The SMILES string of the molecule is CCCCC(CC)CC(NCC)C1CCCC1(C)C. The number of hydrogen-bond donors (Lipinski definition) is 1. The molecule has 0 amide bonds. The molecule has 0 aromatic heterocycles. The maximum absolute atomic E-state index is 3.82. The van der Waals surface area contributed by atoms with Crippen LogP contribution < -0.4 is 5.32 Å². The van der Waals surface area contributed by atoms with Crippen LogP contribution in [-0.4, -0.2) is 12.6 Å². The van der Waals surface area contributed by atoms with E-state index in [2.05, 4.69) is 39.9 Å². The van der Waals surface area contributed by atoms with Crippen LogP contribution in [0.5, 0.6) is 0 Å². The summed E-state index contributed by atoms with van der Waals surface area (Å²) in [6, 6.07) is 0.754. The molecule has 3 unspecified atom stereocenters. The third-order valence-corrected chi connectivity index (χ3v) is 5.42. The molecule has 1 aliphatic carbocycles. The molecule has 0 aliphatic heterocycles. The van der Waals surface area contributed by atoms with Crippen LogP contribution in [0.2, 0.25) is 0 Å². The number of unbranched alkanes of at least 4 members (excludes halogenated alkanes) is 1. The van der Waals surface area contributed by atoms with Crippen molar-refractivity contribution in [2.45, 2.75) is 92.0 Å². The van der Waals surface area contributed by atoms with Crippen molar-refractivity contribution >= 4 is 0 Å². The fourth-order valence-corrected chi connectivity index (χ4v) is 4.09. The highest BCUT2D eigenvalue weighted by atomic mass is 14.9. The smallest absolute Gasteiger partial charge is 0.0103 e. The Balaban J connectivity index is 2.60. The number of nitrogens with one attached hydrogen (secondary N) is 1. The summed E-state index contributed by atoms with van der Waals surface area (Å²) < 4.78 is 0. The summed E-state index contributed by atoms with van der Waals surface area (Å²) in [5, 5.41) is 3.82. The van der Waals surface area contributed by atoms with E-state index < -0.39 is 0 Å². The summed E-state index contributed by atoms with van der Waals surface area (Å²) in [5.41, 5.74) is 0.551. The molecule has 19 heavy (non-hydrogen) atoms. The Morgan fingerprint density at radius 2 is 1.95 bits per heavy atom. The molecule has 1 nitrogen and oxygen atoms in total. The molecule has 0 aromatic rings. The van der Waals surface area contributed by atoms with Crippen LogP contribution in [0.1, 0.15) is 86.0 Å².